The molecule has 1 fully saturated rings. The third kappa shape index (κ3) is 4.50. The van der Waals surface area contributed by atoms with Gasteiger partial charge in [0.15, 0.2) is 11.8 Å². The molecule has 31 heavy (non-hydrogen) atoms. The summed E-state index contributed by atoms with van der Waals surface area (Å²) in [5.41, 5.74) is 0.914. The van der Waals surface area contributed by atoms with Crippen molar-refractivity contribution < 1.29 is 32.3 Å². The van der Waals surface area contributed by atoms with Gasteiger partial charge >= 0.3 is 6.18 Å². The highest BCUT2D eigenvalue weighted by molar-refractivity contribution is 6.33. The SMILES string of the molecule is CC(O)CN1N=CC(c2onc(-c3c#cccc3Cl)c2COC2COC2)C1C(F)(F)F. The van der Waals surface area contributed by atoms with Gasteiger partial charge in [0.25, 0.3) is 0 Å². The molecule has 2 aliphatic heterocycles. The van der Waals surface area contributed by atoms with Crippen molar-refractivity contribution >= 4 is 17.8 Å². The number of hydrogen-bond acceptors (Lipinski definition) is 7. The molecule has 1 saturated heterocycles. The van der Waals surface area contributed by atoms with Crippen LogP contribution in [0.15, 0.2) is 21.8 Å². The predicted molar refractivity (Wildman–Crippen MR) is 103 cm³/mol. The standard InChI is InChI=1S/C20H19ClF3N3O4/c1-11(28)7-27-19(20(22,23)24)14(6-25-27)18-15(10-30-12-8-29-9-12)17(26-31-18)13-4-2-3-5-16(13)21/h3,5-6,11-12,14,19,28H,7-10H2,1H3. The highest BCUT2D eigenvalue weighted by Crippen LogP contribution is 2.42. The normalized spacial score (nSPS) is 22.5. The van der Waals surface area contributed by atoms with Crippen molar-refractivity contribution in [3.8, 4) is 11.3 Å². The summed E-state index contributed by atoms with van der Waals surface area (Å²) in [4.78, 5) is 0. The number of nitrogens with zero attached hydrogens (tertiary/aromatic N) is 3. The Bertz CT molecular complexity index is 946. The summed E-state index contributed by atoms with van der Waals surface area (Å²) >= 11 is 6.25. The summed E-state index contributed by atoms with van der Waals surface area (Å²) in [5.74, 6) is -1.30. The molecule has 2 aliphatic rings. The van der Waals surface area contributed by atoms with E-state index in [2.05, 4.69) is 22.4 Å². The molecular weight excluding hydrogens is 439 g/mol. The quantitative estimate of drug-likeness (QED) is 0.687. The van der Waals surface area contributed by atoms with Gasteiger partial charge < -0.3 is 19.1 Å². The van der Waals surface area contributed by atoms with Gasteiger partial charge in [-0.1, -0.05) is 28.9 Å². The van der Waals surface area contributed by atoms with E-state index in [1.54, 1.807) is 12.1 Å². The molecule has 11 heteroatoms. The minimum absolute atomic E-state index is 0.0253. The summed E-state index contributed by atoms with van der Waals surface area (Å²) in [6.45, 7) is 1.87. The number of aliphatic hydroxyl groups is 1. The van der Waals surface area contributed by atoms with Crippen molar-refractivity contribution in [3.63, 3.8) is 0 Å². The van der Waals surface area contributed by atoms with Gasteiger partial charge in [-0.25, -0.2) is 0 Å². The molecule has 0 aliphatic carbocycles. The van der Waals surface area contributed by atoms with Gasteiger partial charge in [0, 0.05) is 6.21 Å². The Morgan fingerprint density at radius 3 is 2.81 bits per heavy atom. The molecule has 3 unspecified atom stereocenters. The van der Waals surface area contributed by atoms with Gasteiger partial charge in [0.1, 0.15) is 11.8 Å². The molecule has 0 radical (unpaired) electrons. The smallest absolute Gasteiger partial charge is 0.392 e. The fourth-order valence-electron chi connectivity index (χ4n) is 3.49. The van der Waals surface area contributed by atoms with Crippen molar-refractivity contribution in [2.45, 2.75) is 43.9 Å². The Balaban J connectivity index is 1.73. The molecule has 7 nitrogen and oxygen atoms in total. The zero-order valence-electron chi connectivity index (χ0n) is 16.4. The molecule has 1 N–H and O–H groups in total. The second-order valence-corrected chi connectivity index (χ2v) is 7.83. The van der Waals surface area contributed by atoms with Gasteiger partial charge in [-0.15, -0.1) is 0 Å². The maximum atomic E-state index is 14.0. The Hall–Kier alpha value is -2.32. The van der Waals surface area contributed by atoms with Crippen LogP contribution in [0.2, 0.25) is 5.02 Å². The molecule has 1 aromatic heterocycles. The maximum absolute atomic E-state index is 14.0. The molecule has 0 bridgehead atoms. The number of alkyl halides is 3. The number of β-amino-alcohol motifs (C(OH)–C–C–N with tert-alkyl or cyclic N) is 1. The molecule has 0 saturated carbocycles. The zero-order chi connectivity index (χ0) is 22.2. The van der Waals surface area contributed by atoms with Crippen molar-refractivity contribution in [3.05, 3.63) is 40.6 Å². The van der Waals surface area contributed by atoms with Crippen LogP contribution in [0.4, 0.5) is 13.2 Å². The van der Waals surface area contributed by atoms with E-state index in [1.165, 1.54) is 6.92 Å². The average Bonchev–Trinajstić information content (AvgIpc) is 3.24. The predicted octanol–water partition coefficient (Wildman–Crippen LogP) is 3.21. The first kappa shape index (κ1) is 21.9. The van der Waals surface area contributed by atoms with Crippen LogP contribution in [0.3, 0.4) is 0 Å². The number of aliphatic hydroxyl groups excluding tert-OH is 1. The van der Waals surface area contributed by atoms with Crippen LogP contribution in [0, 0.1) is 12.1 Å². The average molecular weight is 458 g/mol. The lowest BCUT2D eigenvalue weighted by Crippen LogP contribution is -2.46. The van der Waals surface area contributed by atoms with E-state index in [9.17, 15) is 18.3 Å². The van der Waals surface area contributed by atoms with Crippen LogP contribution < -0.4 is 0 Å². The largest absolute Gasteiger partial charge is 0.411 e. The monoisotopic (exact) mass is 457 g/mol. The lowest BCUT2D eigenvalue weighted by molar-refractivity contribution is -0.185. The van der Waals surface area contributed by atoms with E-state index in [-0.39, 0.29) is 30.7 Å². The Morgan fingerprint density at radius 1 is 1.42 bits per heavy atom. The third-order valence-electron chi connectivity index (χ3n) is 5.00. The molecule has 166 valence electrons. The lowest BCUT2D eigenvalue weighted by Gasteiger charge is -2.30. The lowest BCUT2D eigenvalue weighted by atomic mass is 9.93. The van der Waals surface area contributed by atoms with Crippen molar-refractivity contribution in [2.75, 3.05) is 19.8 Å². The van der Waals surface area contributed by atoms with Crippen molar-refractivity contribution in [1.82, 2.24) is 10.2 Å². The highest BCUT2D eigenvalue weighted by atomic mass is 35.5. The Morgan fingerprint density at radius 2 is 2.19 bits per heavy atom. The molecular formula is C20H19ClF3N3O4. The maximum Gasteiger partial charge on any atom is 0.411 e. The second kappa shape index (κ2) is 8.67. The topological polar surface area (TPSA) is 80.3 Å². The van der Waals surface area contributed by atoms with E-state index in [4.69, 9.17) is 25.6 Å². The fourth-order valence-corrected chi connectivity index (χ4v) is 3.69. The summed E-state index contributed by atoms with van der Waals surface area (Å²) < 4.78 is 58.1. The number of ether oxygens (including phenoxy) is 2. The second-order valence-electron chi connectivity index (χ2n) is 7.42. The van der Waals surface area contributed by atoms with Crippen molar-refractivity contribution in [1.29, 1.82) is 0 Å². The molecule has 1 aromatic carbocycles. The summed E-state index contributed by atoms with van der Waals surface area (Å²) in [6.07, 6.45) is -4.64. The third-order valence-corrected chi connectivity index (χ3v) is 5.32. The number of hydrogen-bond donors (Lipinski definition) is 1. The minimum atomic E-state index is -4.63. The fraction of sp³-hybridized carbons (Fsp3) is 0.500. The van der Waals surface area contributed by atoms with Crippen LogP contribution >= 0.6 is 11.6 Å². The van der Waals surface area contributed by atoms with E-state index >= 15 is 0 Å². The Kier molecular flexibility index (Phi) is 6.12. The summed E-state index contributed by atoms with van der Waals surface area (Å²) in [5, 5.41) is 18.6. The Labute approximate surface area is 181 Å². The summed E-state index contributed by atoms with van der Waals surface area (Å²) in [6, 6.07) is 6.71. The molecule has 3 atom stereocenters. The van der Waals surface area contributed by atoms with Gasteiger partial charge in [-0.3, -0.25) is 5.01 Å². The molecule has 0 amide bonds. The first-order valence-corrected chi connectivity index (χ1v) is 9.95. The number of aromatic nitrogens is 1. The van der Waals surface area contributed by atoms with Crippen molar-refractivity contribution in [2.24, 2.45) is 5.10 Å². The van der Waals surface area contributed by atoms with Gasteiger partial charge in [0.2, 0.25) is 0 Å². The van der Waals surface area contributed by atoms with Crippen LogP contribution in [0.25, 0.3) is 11.3 Å². The van der Waals surface area contributed by atoms with Crippen LogP contribution in [0.1, 0.15) is 24.2 Å². The first-order chi connectivity index (χ1) is 14.8. The van der Waals surface area contributed by atoms with E-state index in [1.807, 2.05) is 0 Å². The number of rotatable bonds is 7. The highest BCUT2D eigenvalue weighted by Gasteiger charge is 2.53. The molecule has 3 heterocycles. The van der Waals surface area contributed by atoms with E-state index in [0.29, 0.717) is 29.4 Å². The molecule has 4 rings (SSSR count). The zero-order valence-corrected chi connectivity index (χ0v) is 17.2. The number of hydrazone groups is 1. The first-order valence-electron chi connectivity index (χ1n) is 9.57. The number of halogens is 4. The van der Waals surface area contributed by atoms with E-state index < -0.39 is 24.2 Å². The van der Waals surface area contributed by atoms with Gasteiger partial charge in [-0.05, 0) is 19.1 Å². The summed E-state index contributed by atoms with van der Waals surface area (Å²) in [7, 11) is 0. The van der Waals surface area contributed by atoms with Gasteiger partial charge in [-0.2, -0.15) is 18.3 Å². The van der Waals surface area contributed by atoms with Crippen LogP contribution in [0.5, 0.6) is 0 Å². The van der Waals surface area contributed by atoms with E-state index in [0.717, 1.165) is 11.2 Å². The van der Waals surface area contributed by atoms with Gasteiger partial charge in [0.05, 0.1) is 54.5 Å². The molecule has 0 spiro atoms. The van der Waals surface area contributed by atoms with Crippen LogP contribution in [-0.2, 0) is 16.1 Å². The minimum Gasteiger partial charge on any atom is -0.392 e. The molecule has 2 aromatic rings. The van der Waals surface area contributed by atoms with Crippen LogP contribution in [-0.4, -0.2) is 65.7 Å².